The molecule has 1 saturated heterocycles. The van der Waals surface area contributed by atoms with E-state index in [-0.39, 0.29) is 18.0 Å². The second kappa shape index (κ2) is 3.35. The monoisotopic (exact) mass is 198 g/mol. The Morgan fingerprint density at radius 3 is 2.71 bits per heavy atom. The highest BCUT2D eigenvalue weighted by Crippen LogP contribution is 2.42. The van der Waals surface area contributed by atoms with Crippen molar-refractivity contribution in [1.82, 2.24) is 0 Å². The van der Waals surface area contributed by atoms with E-state index in [1.807, 2.05) is 0 Å². The van der Waals surface area contributed by atoms with Crippen LogP contribution in [-0.2, 0) is 19.1 Å². The highest BCUT2D eigenvalue weighted by molar-refractivity contribution is 6.00. The predicted octanol–water partition coefficient (Wildman–Crippen LogP) is 0.688. The van der Waals surface area contributed by atoms with Gasteiger partial charge in [0.25, 0.3) is 0 Å². The van der Waals surface area contributed by atoms with Gasteiger partial charge in [-0.3, -0.25) is 9.59 Å². The summed E-state index contributed by atoms with van der Waals surface area (Å²) in [6, 6.07) is 0. The maximum absolute atomic E-state index is 11.6. The Morgan fingerprint density at radius 1 is 1.57 bits per heavy atom. The minimum absolute atomic E-state index is 0.0252. The average molecular weight is 198 g/mol. The first-order valence-electron chi connectivity index (χ1n) is 4.91. The van der Waals surface area contributed by atoms with Gasteiger partial charge in [0.2, 0.25) is 0 Å². The summed E-state index contributed by atoms with van der Waals surface area (Å²) in [5, 5.41) is 0. The second-order valence-corrected chi connectivity index (χ2v) is 4.07. The van der Waals surface area contributed by atoms with Gasteiger partial charge in [-0.15, -0.1) is 0 Å². The van der Waals surface area contributed by atoms with Crippen LogP contribution in [0.15, 0.2) is 0 Å². The van der Waals surface area contributed by atoms with Crippen LogP contribution in [0.25, 0.3) is 0 Å². The number of Topliss-reactive ketones (excluding diaryl/α,β-unsaturated/α-hetero) is 1. The molecule has 4 nitrogen and oxygen atoms in total. The molecule has 1 aliphatic heterocycles. The van der Waals surface area contributed by atoms with Crippen molar-refractivity contribution < 1.29 is 19.1 Å². The molecule has 0 amide bonds. The van der Waals surface area contributed by atoms with Crippen molar-refractivity contribution in [2.45, 2.75) is 31.3 Å². The number of ether oxygens (including phenoxy) is 2. The van der Waals surface area contributed by atoms with Crippen molar-refractivity contribution in [3.05, 3.63) is 0 Å². The third-order valence-corrected chi connectivity index (χ3v) is 3.19. The second-order valence-electron chi connectivity index (χ2n) is 4.07. The molecule has 2 aliphatic rings. The Morgan fingerprint density at radius 2 is 2.29 bits per heavy atom. The van der Waals surface area contributed by atoms with Gasteiger partial charge < -0.3 is 9.47 Å². The van der Waals surface area contributed by atoms with Gasteiger partial charge in [-0.2, -0.15) is 0 Å². The van der Waals surface area contributed by atoms with Gasteiger partial charge in [-0.1, -0.05) is 0 Å². The molecule has 0 aromatic heterocycles. The lowest BCUT2D eigenvalue weighted by Crippen LogP contribution is -2.50. The van der Waals surface area contributed by atoms with E-state index in [1.165, 1.54) is 7.11 Å². The summed E-state index contributed by atoms with van der Waals surface area (Å²) in [6.45, 7) is 0.200. The minimum Gasteiger partial charge on any atom is -0.468 e. The van der Waals surface area contributed by atoms with Crippen molar-refractivity contribution >= 4 is 11.8 Å². The summed E-state index contributed by atoms with van der Waals surface area (Å²) in [5.41, 5.74) is -0.221. The molecule has 1 aliphatic carbocycles. The van der Waals surface area contributed by atoms with Crippen molar-refractivity contribution in [3.8, 4) is 0 Å². The fourth-order valence-electron chi connectivity index (χ4n) is 2.08. The molecule has 2 rings (SSSR count). The number of carbonyl (C=O) groups is 2. The highest BCUT2D eigenvalue weighted by atomic mass is 16.5. The quantitative estimate of drug-likeness (QED) is 0.459. The molecule has 1 spiro atoms. The van der Waals surface area contributed by atoms with Crippen LogP contribution >= 0.6 is 0 Å². The molecule has 1 heterocycles. The lowest BCUT2D eigenvalue weighted by Gasteiger charge is -2.45. The smallest absolute Gasteiger partial charge is 0.318 e. The maximum Gasteiger partial charge on any atom is 0.318 e. The number of rotatable bonds is 1. The van der Waals surface area contributed by atoms with Gasteiger partial charge in [0.05, 0.1) is 19.3 Å². The zero-order valence-electron chi connectivity index (χ0n) is 8.25. The van der Waals surface area contributed by atoms with Crippen LogP contribution < -0.4 is 0 Å². The number of methoxy groups -OCH3 is 1. The molecule has 0 aromatic rings. The first-order chi connectivity index (χ1) is 6.67. The van der Waals surface area contributed by atoms with Crippen LogP contribution in [0.2, 0.25) is 0 Å². The van der Waals surface area contributed by atoms with E-state index in [0.717, 1.165) is 19.3 Å². The number of carbonyl (C=O) groups excluding carboxylic acids is 2. The molecule has 0 N–H and O–H groups in total. The fourth-order valence-corrected chi connectivity index (χ4v) is 2.08. The number of hydrogen-bond acceptors (Lipinski definition) is 4. The fraction of sp³-hybridized carbons (Fsp3) is 0.800. The van der Waals surface area contributed by atoms with E-state index in [4.69, 9.17) is 4.74 Å². The topological polar surface area (TPSA) is 52.6 Å². The predicted molar refractivity (Wildman–Crippen MR) is 47.7 cm³/mol. The molecule has 0 radical (unpaired) electrons. The number of ketones is 1. The lowest BCUT2D eigenvalue weighted by molar-refractivity contribution is -0.177. The van der Waals surface area contributed by atoms with Crippen LogP contribution in [0.4, 0.5) is 0 Å². The van der Waals surface area contributed by atoms with Gasteiger partial charge in [0.1, 0.15) is 5.92 Å². The Kier molecular flexibility index (Phi) is 2.31. The molecule has 0 aromatic carbocycles. The van der Waals surface area contributed by atoms with Crippen LogP contribution in [0.3, 0.4) is 0 Å². The molecule has 1 unspecified atom stereocenters. The van der Waals surface area contributed by atoms with E-state index >= 15 is 0 Å². The highest BCUT2D eigenvalue weighted by Gasteiger charge is 2.47. The Labute approximate surface area is 82.6 Å². The summed E-state index contributed by atoms with van der Waals surface area (Å²) in [4.78, 5) is 22.8. The Hall–Kier alpha value is -0.900. The summed E-state index contributed by atoms with van der Waals surface area (Å²) in [6.07, 6.45) is 3.40. The molecule has 14 heavy (non-hydrogen) atoms. The molecule has 4 heteroatoms. The van der Waals surface area contributed by atoms with Crippen LogP contribution in [0, 0.1) is 5.92 Å². The van der Waals surface area contributed by atoms with Gasteiger partial charge in [0, 0.05) is 6.42 Å². The van der Waals surface area contributed by atoms with Crippen LogP contribution in [0.5, 0.6) is 0 Å². The van der Waals surface area contributed by atoms with Crippen molar-refractivity contribution in [3.63, 3.8) is 0 Å². The van der Waals surface area contributed by atoms with Crippen molar-refractivity contribution in [2.75, 3.05) is 13.7 Å². The zero-order valence-corrected chi connectivity index (χ0v) is 8.25. The minimum atomic E-state index is -0.689. The molecule has 1 saturated carbocycles. The molecule has 0 bridgehead atoms. The largest absolute Gasteiger partial charge is 0.468 e. The molecular formula is C10H14O4. The van der Waals surface area contributed by atoms with Gasteiger partial charge in [0.15, 0.2) is 5.78 Å². The van der Waals surface area contributed by atoms with Crippen LogP contribution in [-0.4, -0.2) is 31.1 Å². The number of hydrogen-bond donors (Lipinski definition) is 0. The third kappa shape index (κ3) is 1.43. The first-order valence-corrected chi connectivity index (χ1v) is 4.91. The van der Waals surface area contributed by atoms with Gasteiger partial charge in [-0.05, 0) is 19.3 Å². The summed E-state index contributed by atoms with van der Waals surface area (Å²) in [5.74, 6) is -1.18. The number of esters is 1. The summed E-state index contributed by atoms with van der Waals surface area (Å²) >= 11 is 0. The average Bonchev–Trinajstić information content (AvgIpc) is 2.14. The SMILES string of the molecule is COC(=O)C1COC2(CCC2)CC1=O. The normalized spacial score (nSPS) is 29.8. The standard InChI is InChI=1S/C10H14O4/c1-13-9(12)7-6-14-10(3-2-4-10)5-8(7)11/h7H,2-6H2,1H3. The van der Waals surface area contributed by atoms with Crippen molar-refractivity contribution in [2.24, 2.45) is 5.92 Å². The van der Waals surface area contributed by atoms with E-state index in [9.17, 15) is 9.59 Å². The Balaban J connectivity index is 2.00. The van der Waals surface area contributed by atoms with Crippen molar-refractivity contribution in [1.29, 1.82) is 0 Å². The molecule has 78 valence electrons. The molecular weight excluding hydrogens is 184 g/mol. The zero-order chi connectivity index (χ0) is 10.2. The summed E-state index contributed by atoms with van der Waals surface area (Å²) < 4.78 is 10.1. The van der Waals surface area contributed by atoms with E-state index in [0.29, 0.717) is 6.42 Å². The molecule has 1 atom stereocenters. The van der Waals surface area contributed by atoms with Crippen LogP contribution in [0.1, 0.15) is 25.7 Å². The van der Waals surface area contributed by atoms with Gasteiger partial charge in [-0.25, -0.2) is 0 Å². The van der Waals surface area contributed by atoms with E-state index in [2.05, 4.69) is 4.74 Å². The van der Waals surface area contributed by atoms with Gasteiger partial charge >= 0.3 is 5.97 Å². The maximum atomic E-state index is 11.6. The summed E-state index contributed by atoms with van der Waals surface area (Å²) in [7, 11) is 1.29. The van der Waals surface area contributed by atoms with E-state index in [1.54, 1.807) is 0 Å². The molecule has 2 fully saturated rings. The Bertz CT molecular complexity index is 267. The van der Waals surface area contributed by atoms with E-state index < -0.39 is 11.9 Å². The first kappa shape index (κ1) is 9.65. The lowest BCUT2D eigenvalue weighted by atomic mass is 9.73. The third-order valence-electron chi connectivity index (χ3n) is 3.19.